The van der Waals surface area contributed by atoms with E-state index in [1.54, 1.807) is 4.68 Å². The normalized spacial score (nSPS) is 12.9. The summed E-state index contributed by atoms with van der Waals surface area (Å²) in [6, 6.07) is -0.0287. The van der Waals surface area contributed by atoms with Crippen molar-refractivity contribution < 1.29 is 0 Å². The molecule has 1 atom stereocenters. The van der Waals surface area contributed by atoms with Crippen LogP contribution in [0, 0.1) is 6.92 Å². The van der Waals surface area contributed by atoms with Crippen molar-refractivity contribution in [2.24, 2.45) is 19.9 Å². The molecule has 0 aliphatic heterocycles. The van der Waals surface area contributed by atoms with E-state index in [9.17, 15) is 0 Å². The average molecular weight is 297 g/mol. The van der Waals surface area contributed by atoms with Gasteiger partial charge in [0, 0.05) is 31.4 Å². The van der Waals surface area contributed by atoms with Gasteiger partial charge in [-0.05, 0) is 19.8 Å². The predicted molar refractivity (Wildman–Crippen MR) is 79.3 cm³/mol. The van der Waals surface area contributed by atoms with Crippen molar-refractivity contribution in [2.45, 2.75) is 32.7 Å². The summed E-state index contributed by atoms with van der Waals surface area (Å²) in [5.41, 5.74) is 6.97. The Morgan fingerprint density at radius 3 is 2.60 bits per heavy atom. The fourth-order valence-corrected chi connectivity index (χ4v) is 2.74. The van der Waals surface area contributed by atoms with Crippen LogP contribution in [0.15, 0.2) is 6.20 Å². The lowest BCUT2D eigenvalue weighted by Crippen LogP contribution is -2.30. The molecule has 0 bridgehead atoms. The summed E-state index contributed by atoms with van der Waals surface area (Å²) in [4.78, 5) is 0. The minimum atomic E-state index is -0.0287. The summed E-state index contributed by atoms with van der Waals surface area (Å²) in [5.74, 6) is 5.74. The first-order valence-corrected chi connectivity index (χ1v) is 7.02. The third-order valence-electron chi connectivity index (χ3n) is 3.53. The van der Waals surface area contributed by atoms with Crippen molar-refractivity contribution in [3.05, 3.63) is 33.9 Å². The summed E-state index contributed by atoms with van der Waals surface area (Å²) in [7, 11) is 3.75. The number of hydrogen-bond acceptors (Lipinski definition) is 4. The molecule has 110 valence electrons. The molecule has 0 fully saturated rings. The van der Waals surface area contributed by atoms with E-state index in [2.05, 4.69) is 22.5 Å². The molecule has 7 heteroatoms. The minimum absolute atomic E-state index is 0.0287. The topological polar surface area (TPSA) is 73.7 Å². The zero-order valence-electron chi connectivity index (χ0n) is 12.3. The van der Waals surface area contributed by atoms with Crippen molar-refractivity contribution in [1.29, 1.82) is 0 Å². The number of nitrogens with one attached hydrogen (secondary N) is 1. The van der Waals surface area contributed by atoms with Crippen molar-refractivity contribution in [1.82, 2.24) is 25.0 Å². The Kier molecular flexibility index (Phi) is 4.47. The second kappa shape index (κ2) is 5.95. The predicted octanol–water partition coefficient (Wildman–Crippen LogP) is 1.42. The molecule has 0 saturated carbocycles. The number of hydrogen-bond donors (Lipinski definition) is 2. The molecule has 0 aliphatic rings. The zero-order valence-corrected chi connectivity index (χ0v) is 13.1. The Balaban J connectivity index is 2.33. The zero-order chi connectivity index (χ0) is 14.9. The van der Waals surface area contributed by atoms with Gasteiger partial charge in [-0.25, -0.2) is 0 Å². The van der Waals surface area contributed by atoms with Crippen LogP contribution in [0.5, 0.6) is 0 Å². The lowest BCUT2D eigenvalue weighted by atomic mass is 9.99. The monoisotopic (exact) mass is 296 g/mol. The van der Waals surface area contributed by atoms with Crippen LogP contribution in [-0.2, 0) is 26.9 Å². The Morgan fingerprint density at radius 1 is 1.40 bits per heavy atom. The number of nitrogens with zero attached hydrogens (tertiary/aromatic N) is 4. The summed E-state index contributed by atoms with van der Waals surface area (Å²) >= 11 is 6.29. The van der Waals surface area contributed by atoms with Crippen molar-refractivity contribution >= 4 is 11.6 Å². The highest BCUT2D eigenvalue weighted by atomic mass is 35.5. The van der Waals surface area contributed by atoms with E-state index in [0.29, 0.717) is 11.6 Å². The highest BCUT2D eigenvalue weighted by Crippen LogP contribution is 2.26. The Labute approximate surface area is 123 Å². The van der Waals surface area contributed by atoms with Gasteiger partial charge in [0.1, 0.15) is 5.15 Å². The maximum Gasteiger partial charge on any atom is 0.130 e. The van der Waals surface area contributed by atoms with E-state index in [0.717, 1.165) is 28.9 Å². The molecule has 3 N–H and O–H groups in total. The molecule has 20 heavy (non-hydrogen) atoms. The van der Waals surface area contributed by atoms with Gasteiger partial charge in [0.05, 0.1) is 17.4 Å². The van der Waals surface area contributed by atoms with Gasteiger partial charge in [0.25, 0.3) is 0 Å². The van der Waals surface area contributed by atoms with Crippen LogP contribution in [0.25, 0.3) is 0 Å². The van der Waals surface area contributed by atoms with E-state index < -0.39 is 0 Å². The van der Waals surface area contributed by atoms with Crippen LogP contribution in [0.1, 0.15) is 35.5 Å². The quantitative estimate of drug-likeness (QED) is 0.646. The van der Waals surface area contributed by atoms with Gasteiger partial charge in [-0.15, -0.1) is 0 Å². The first-order chi connectivity index (χ1) is 9.47. The standard InChI is InChI=1S/C13H21ClN6/c1-5-11-10(7-19(3)18-11)12(16-15)6-9-8(2)17-20(4)13(9)14/h7,12,16H,5-6,15H2,1-4H3. The maximum atomic E-state index is 6.29. The summed E-state index contributed by atoms with van der Waals surface area (Å²) in [6.07, 6.45) is 3.56. The number of aromatic nitrogens is 4. The van der Waals surface area contributed by atoms with Crippen LogP contribution in [-0.4, -0.2) is 19.6 Å². The number of aryl methyl sites for hydroxylation is 4. The Bertz CT molecular complexity index is 600. The minimum Gasteiger partial charge on any atom is -0.275 e. The van der Waals surface area contributed by atoms with Crippen molar-refractivity contribution in [3.8, 4) is 0 Å². The Hall–Kier alpha value is -1.37. The van der Waals surface area contributed by atoms with Gasteiger partial charge in [-0.1, -0.05) is 18.5 Å². The smallest absolute Gasteiger partial charge is 0.130 e. The molecule has 0 aliphatic carbocycles. The molecule has 1 unspecified atom stereocenters. The SMILES string of the molecule is CCc1nn(C)cc1C(Cc1c(C)nn(C)c1Cl)NN. The van der Waals surface area contributed by atoms with Gasteiger partial charge < -0.3 is 0 Å². The van der Waals surface area contributed by atoms with Gasteiger partial charge in [-0.2, -0.15) is 10.2 Å². The summed E-state index contributed by atoms with van der Waals surface area (Å²) < 4.78 is 3.50. The van der Waals surface area contributed by atoms with E-state index in [1.165, 1.54) is 0 Å². The third-order valence-corrected chi connectivity index (χ3v) is 4.00. The molecule has 0 radical (unpaired) electrons. The van der Waals surface area contributed by atoms with Gasteiger partial charge >= 0.3 is 0 Å². The van der Waals surface area contributed by atoms with Crippen molar-refractivity contribution in [2.75, 3.05) is 0 Å². The second-order valence-corrected chi connectivity index (χ2v) is 5.32. The molecule has 2 heterocycles. The number of nitrogens with two attached hydrogens (primary N) is 1. The second-order valence-electron chi connectivity index (χ2n) is 4.96. The maximum absolute atomic E-state index is 6.29. The molecule has 6 nitrogen and oxygen atoms in total. The van der Waals surface area contributed by atoms with Crippen LogP contribution in [0.3, 0.4) is 0 Å². The number of rotatable bonds is 5. The molecule has 2 aromatic rings. The average Bonchev–Trinajstić information content (AvgIpc) is 2.89. The molecule has 0 amide bonds. The molecular weight excluding hydrogens is 276 g/mol. The fourth-order valence-electron chi connectivity index (χ4n) is 2.49. The summed E-state index contributed by atoms with van der Waals surface area (Å²) in [5, 5.41) is 9.45. The summed E-state index contributed by atoms with van der Waals surface area (Å²) in [6.45, 7) is 4.04. The first-order valence-electron chi connectivity index (χ1n) is 6.64. The van der Waals surface area contributed by atoms with E-state index >= 15 is 0 Å². The third kappa shape index (κ3) is 2.72. The van der Waals surface area contributed by atoms with E-state index in [-0.39, 0.29) is 6.04 Å². The number of halogens is 1. The van der Waals surface area contributed by atoms with Crippen LogP contribution < -0.4 is 11.3 Å². The molecule has 0 saturated heterocycles. The molecule has 2 aromatic heterocycles. The lowest BCUT2D eigenvalue weighted by Gasteiger charge is -2.15. The molecule has 2 rings (SSSR count). The fraction of sp³-hybridized carbons (Fsp3) is 0.538. The molecule has 0 aromatic carbocycles. The Morgan fingerprint density at radius 2 is 2.10 bits per heavy atom. The number of hydrazine groups is 1. The van der Waals surface area contributed by atoms with Gasteiger partial charge in [0.2, 0.25) is 0 Å². The van der Waals surface area contributed by atoms with E-state index in [1.807, 2.05) is 31.9 Å². The van der Waals surface area contributed by atoms with Crippen LogP contribution >= 0.6 is 11.6 Å². The van der Waals surface area contributed by atoms with Crippen molar-refractivity contribution in [3.63, 3.8) is 0 Å². The highest BCUT2D eigenvalue weighted by molar-refractivity contribution is 6.30. The lowest BCUT2D eigenvalue weighted by molar-refractivity contribution is 0.546. The van der Waals surface area contributed by atoms with Crippen LogP contribution in [0.2, 0.25) is 5.15 Å². The molecular formula is C13H21ClN6. The van der Waals surface area contributed by atoms with Gasteiger partial charge in [-0.3, -0.25) is 20.6 Å². The highest BCUT2D eigenvalue weighted by Gasteiger charge is 2.21. The van der Waals surface area contributed by atoms with Gasteiger partial charge in [0.15, 0.2) is 0 Å². The largest absolute Gasteiger partial charge is 0.275 e. The van der Waals surface area contributed by atoms with Crippen LogP contribution in [0.4, 0.5) is 0 Å². The van der Waals surface area contributed by atoms with E-state index in [4.69, 9.17) is 17.4 Å². The molecule has 0 spiro atoms. The first kappa shape index (κ1) is 15.0.